The molecular weight excluding hydrogens is 204 g/mol. The smallest absolute Gasteiger partial charge is 0.248 e. The summed E-state index contributed by atoms with van der Waals surface area (Å²) in [7, 11) is 2.06. The lowest BCUT2D eigenvalue weighted by atomic mass is 9.91. The van der Waals surface area contributed by atoms with Crippen molar-refractivity contribution in [3.63, 3.8) is 0 Å². The standard InChI is InChI=1S/C12H16N2O2/c1-14-7-5-9(6-8-14)12(16)10-3-2-4-11(15)13-10/h2-4,9H,5-8H2,1H3,(H,13,15). The highest BCUT2D eigenvalue weighted by Crippen LogP contribution is 2.19. The Balaban J connectivity index is 2.10. The summed E-state index contributed by atoms with van der Waals surface area (Å²) in [6.07, 6.45) is 1.76. The van der Waals surface area contributed by atoms with Gasteiger partial charge >= 0.3 is 0 Å². The summed E-state index contributed by atoms with van der Waals surface area (Å²) < 4.78 is 0. The van der Waals surface area contributed by atoms with Crippen LogP contribution in [0.15, 0.2) is 23.0 Å². The second-order valence-corrected chi connectivity index (χ2v) is 4.37. The maximum absolute atomic E-state index is 12.1. The van der Waals surface area contributed by atoms with Gasteiger partial charge in [0.1, 0.15) is 0 Å². The maximum atomic E-state index is 12.1. The van der Waals surface area contributed by atoms with Crippen LogP contribution in [-0.2, 0) is 0 Å². The van der Waals surface area contributed by atoms with Crippen molar-refractivity contribution in [3.05, 3.63) is 34.2 Å². The van der Waals surface area contributed by atoms with Crippen molar-refractivity contribution < 1.29 is 4.79 Å². The lowest BCUT2D eigenvalue weighted by Crippen LogP contribution is -2.34. The van der Waals surface area contributed by atoms with E-state index >= 15 is 0 Å². The van der Waals surface area contributed by atoms with Crippen molar-refractivity contribution in [2.45, 2.75) is 12.8 Å². The zero-order valence-electron chi connectivity index (χ0n) is 9.40. The molecule has 1 aliphatic rings. The molecule has 0 unspecified atom stereocenters. The van der Waals surface area contributed by atoms with Gasteiger partial charge < -0.3 is 9.88 Å². The molecule has 1 aromatic heterocycles. The summed E-state index contributed by atoms with van der Waals surface area (Å²) in [6, 6.07) is 4.73. The van der Waals surface area contributed by atoms with E-state index in [9.17, 15) is 9.59 Å². The van der Waals surface area contributed by atoms with E-state index in [0.29, 0.717) is 5.69 Å². The maximum Gasteiger partial charge on any atom is 0.248 e. The Morgan fingerprint density at radius 3 is 2.69 bits per heavy atom. The average Bonchev–Trinajstić information content (AvgIpc) is 2.29. The molecule has 2 rings (SSSR count). The van der Waals surface area contributed by atoms with Gasteiger partial charge in [0.2, 0.25) is 5.56 Å². The molecule has 4 nitrogen and oxygen atoms in total. The minimum absolute atomic E-state index is 0.0641. The molecular formula is C12H16N2O2. The summed E-state index contributed by atoms with van der Waals surface area (Å²) >= 11 is 0. The molecule has 1 aromatic rings. The van der Waals surface area contributed by atoms with Gasteiger partial charge in [-0.25, -0.2) is 0 Å². The van der Waals surface area contributed by atoms with E-state index in [2.05, 4.69) is 16.9 Å². The van der Waals surface area contributed by atoms with Gasteiger partial charge in [-0.3, -0.25) is 9.59 Å². The van der Waals surface area contributed by atoms with Crippen LogP contribution in [-0.4, -0.2) is 35.8 Å². The SMILES string of the molecule is CN1CCC(C(=O)c2cccc(=O)[nH]2)CC1. The quantitative estimate of drug-likeness (QED) is 0.753. The molecule has 1 N–H and O–H groups in total. The Labute approximate surface area is 94.3 Å². The number of pyridine rings is 1. The Morgan fingerprint density at radius 1 is 1.38 bits per heavy atom. The Hall–Kier alpha value is -1.42. The number of likely N-dealkylation sites (tertiary alicyclic amines) is 1. The van der Waals surface area contributed by atoms with Crippen LogP contribution in [0.1, 0.15) is 23.3 Å². The monoisotopic (exact) mass is 220 g/mol. The van der Waals surface area contributed by atoms with Gasteiger partial charge in [-0.2, -0.15) is 0 Å². The third kappa shape index (κ3) is 2.39. The number of nitrogens with one attached hydrogen (secondary N) is 1. The van der Waals surface area contributed by atoms with Crippen LogP contribution in [0.25, 0.3) is 0 Å². The zero-order chi connectivity index (χ0) is 11.5. The van der Waals surface area contributed by atoms with Gasteiger partial charge in [0.15, 0.2) is 5.78 Å². The van der Waals surface area contributed by atoms with Gasteiger partial charge in [0.05, 0.1) is 5.69 Å². The van der Waals surface area contributed by atoms with E-state index in [-0.39, 0.29) is 17.3 Å². The largest absolute Gasteiger partial charge is 0.319 e. The predicted octanol–water partition coefficient (Wildman–Crippen LogP) is 0.899. The van der Waals surface area contributed by atoms with Gasteiger partial charge in [-0.15, -0.1) is 0 Å². The van der Waals surface area contributed by atoms with Crippen molar-refractivity contribution in [1.29, 1.82) is 0 Å². The number of hydrogen-bond acceptors (Lipinski definition) is 3. The first kappa shape index (κ1) is 11.1. The molecule has 1 aliphatic heterocycles. The van der Waals surface area contributed by atoms with E-state index in [0.717, 1.165) is 25.9 Å². The Bertz CT molecular complexity index is 431. The number of carbonyl (C=O) groups is 1. The predicted molar refractivity (Wildman–Crippen MR) is 61.6 cm³/mol. The van der Waals surface area contributed by atoms with Crippen molar-refractivity contribution in [1.82, 2.24) is 9.88 Å². The highest BCUT2D eigenvalue weighted by Gasteiger charge is 2.24. The van der Waals surface area contributed by atoms with Crippen molar-refractivity contribution >= 4 is 5.78 Å². The summed E-state index contributed by atoms with van der Waals surface area (Å²) in [4.78, 5) is 28.0. The van der Waals surface area contributed by atoms with E-state index < -0.39 is 0 Å². The third-order valence-corrected chi connectivity index (χ3v) is 3.12. The summed E-state index contributed by atoms with van der Waals surface area (Å²) in [6.45, 7) is 1.90. The fourth-order valence-corrected chi connectivity index (χ4v) is 2.08. The minimum atomic E-state index is -0.209. The van der Waals surface area contributed by atoms with Crippen molar-refractivity contribution in [3.8, 4) is 0 Å². The number of ketones is 1. The third-order valence-electron chi connectivity index (χ3n) is 3.12. The molecule has 4 heteroatoms. The summed E-state index contributed by atoms with van der Waals surface area (Å²) in [5.74, 6) is 0.139. The lowest BCUT2D eigenvalue weighted by Gasteiger charge is -2.27. The molecule has 0 aliphatic carbocycles. The number of aromatic amines is 1. The molecule has 0 saturated carbocycles. The van der Waals surface area contributed by atoms with Gasteiger partial charge in [-0.1, -0.05) is 6.07 Å². The molecule has 0 amide bonds. The van der Waals surface area contributed by atoms with Crippen LogP contribution in [0.2, 0.25) is 0 Å². The number of H-pyrrole nitrogens is 1. The van der Waals surface area contributed by atoms with Crippen LogP contribution in [0.4, 0.5) is 0 Å². The van der Waals surface area contributed by atoms with Crippen molar-refractivity contribution in [2.75, 3.05) is 20.1 Å². The molecule has 0 bridgehead atoms. The Morgan fingerprint density at radius 2 is 2.06 bits per heavy atom. The highest BCUT2D eigenvalue weighted by atomic mass is 16.1. The van der Waals surface area contributed by atoms with Crippen LogP contribution < -0.4 is 5.56 Å². The summed E-state index contributed by atoms with van der Waals surface area (Å²) in [5, 5.41) is 0. The molecule has 0 spiro atoms. The van der Waals surface area contributed by atoms with Crippen molar-refractivity contribution in [2.24, 2.45) is 5.92 Å². The molecule has 0 aromatic carbocycles. The fourth-order valence-electron chi connectivity index (χ4n) is 2.08. The number of Topliss-reactive ketones (excluding diaryl/α,β-unsaturated/α-hetero) is 1. The minimum Gasteiger partial charge on any atom is -0.319 e. The van der Waals surface area contributed by atoms with E-state index in [4.69, 9.17) is 0 Å². The first-order valence-corrected chi connectivity index (χ1v) is 5.59. The second kappa shape index (κ2) is 4.61. The molecule has 1 saturated heterocycles. The number of carbonyl (C=O) groups excluding carboxylic acids is 1. The van der Waals surface area contributed by atoms with Gasteiger partial charge in [0, 0.05) is 12.0 Å². The lowest BCUT2D eigenvalue weighted by molar-refractivity contribution is 0.0851. The van der Waals surface area contributed by atoms with E-state index in [1.807, 2.05) is 0 Å². The second-order valence-electron chi connectivity index (χ2n) is 4.37. The Kier molecular flexibility index (Phi) is 3.19. The van der Waals surface area contributed by atoms with Crippen LogP contribution in [0, 0.1) is 5.92 Å². The van der Waals surface area contributed by atoms with Crippen LogP contribution in [0.5, 0.6) is 0 Å². The van der Waals surface area contributed by atoms with Gasteiger partial charge in [0.25, 0.3) is 0 Å². The topological polar surface area (TPSA) is 53.2 Å². The van der Waals surface area contributed by atoms with Gasteiger partial charge in [-0.05, 0) is 39.0 Å². The molecule has 0 radical (unpaired) electrons. The summed E-state index contributed by atoms with van der Waals surface area (Å²) in [5.41, 5.74) is 0.237. The number of hydrogen-bond donors (Lipinski definition) is 1. The van der Waals surface area contributed by atoms with E-state index in [1.165, 1.54) is 6.07 Å². The highest BCUT2D eigenvalue weighted by molar-refractivity contribution is 5.96. The van der Waals surface area contributed by atoms with Crippen LogP contribution in [0.3, 0.4) is 0 Å². The number of piperidine rings is 1. The number of nitrogens with zero attached hydrogens (tertiary/aromatic N) is 1. The first-order valence-electron chi connectivity index (χ1n) is 5.59. The fraction of sp³-hybridized carbons (Fsp3) is 0.500. The molecule has 86 valence electrons. The van der Waals surface area contributed by atoms with Crippen LogP contribution >= 0.6 is 0 Å². The number of rotatable bonds is 2. The van der Waals surface area contributed by atoms with E-state index in [1.54, 1.807) is 12.1 Å². The molecule has 1 fully saturated rings. The molecule has 2 heterocycles. The first-order chi connectivity index (χ1) is 7.66. The zero-order valence-corrected chi connectivity index (χ0v) is 9.40. The molecule has 16 heavy (non-hydrogen) atoms. The number of aromatic nitrogens is 1. The average molecular weight is 220 g/mol. The normalized spacial score (nSPS) is 18.6. The molecule has 0 atom stereocenters.